The maximum Gasteiger partial charge on any atom is 0.325 e. The van der Waals surface area contributed by atoms with Crippen molar-refractivity contribution in [1.29, 1.82) is 0 Å². The largest absolute Gasteiger partial charge is 0.497 e. The molecule has 1 aromatic heterocycles. The molecule has 226 valence electrons. The Hall–Kier alpha value is -4.89. The number of carbonyl (C=O) groups excluding carboxylic acids is 2. The van der Waals surface area contributed by atoms with Crippen molar-refractivity contribution in [1.82, 2.24) is 15.0 Å². The summed E-state index contributed by atoms with van der Waals surface area (Å²) in [5.41, 5.74) is 5.65. The number of hydrogen-bond donors (Lipinski definition) is 3. The molecule has 9 heteroatoms. The summed E-state index contributed by atoms with van der Waals surface area (Å²) >= 11 is 1.21. The Bertz CT molecular complexity index is 1740. The van der Waals surface area contributed by atoms with Crippen LogP contribution in [0, 0.1) is 6.92 Å². The van der Waals surface area contributed by atoms with Gasteiger partial charge in [0, 0.05) is 45.7 Å². The van der Waals surface area contributed by atoms with Gasteiger partial charge in [0.25, 0.3) is 0 Å². The number of aromatic nitrogens is 1. The summed E-state index contributed by atoms with van der Waals surface area (Å²) in [5.74, 6) is 1.31. The van der Waals surface area contributed by atoms with Gasteiger partial charge in [-0.15, -0.1) is 0 Å². The van der Waals surface area contributed by atoms with E-state index in [0.717, 1.165) is 49.6 Å². The second-order valence-corrected chi connectivity index (χ2v) is 11.1. The Morgan fingerprint density at radius 3 is 2.36 bits per heavy atom. The summed E-state index contributed by atoms with van der Waals surface area (Å²) < 4.78 is 13.7. The molecule has 0 saturated heterocycles. The second kappa shape index (κ2) is 14.1. The predicted octanol–water partition coefficient (Wildman–Crippen LogP) is 7.13. The van der Waals surface area contributed by atoms with E-state index in [1.807, 2.05) is 105 Å². The quantitative estimate of drug-likeness (QED) is 0.139. The Labute approximate surface area is 261 Å². The van der Waals surface area contributed by atoms with Crippen LogP contribution in [0.5, 0.6) is 11.5 Å². The lowest BCUT2D eigenvalue weighted by Crippen LogP contribution is -2.51. The first kappa shape index (κ1) is 30.6. The highest BCUT2D eigenvalue weighted by Crippen LogP contribution is 2.34. The van der Waals surface area contributed by atoms with Gasteiger partial charge in [-0.2, -0.15) is 0 Å². The molecule has 5 rings (SSSR count). The van der Waals surface area contributed by atoms with Crippen molar-refractivity contribution in [2.24, 2.45) is 0 Å². The van der Waals surface area contributed by atoms with Crippen LogP contribution in [0.25, 0.3) is 22.2 Å². The van der Waals surface area contributed by atoms with Crippen LogP contribution < -0.4 is 24.4 Å². The van der Waals surface area contributed by atoms with Crippen LogP contribution in [0.4, 0.5) is 10.5 Å². The van der Waals surface area contributed by atoms with Crippen molar-refractivity contribution < 1.29 is 19.1 Å². The first-order valence-corrected chi connectivity index (χ1v) is 15.2. The number of nitrogens with zero attached hydrogens (tertiary/aromatic N) is 1. The molecule has 0 aliphatic carbocycles. The van der Waals surface area contributed by atoms with Crippen molar-refractivity contribution >= 4 is 40.5 Å². The average molecular weight is 609 g/mol. The number of hydrogen-bond acceptors (Lipinski definition) is 5. The van der Waals surface area contributed by atoms with E-state index in [-0.39, 0.29) is 5.91 Å². The summed E-state index contributed by atoms with van der Waals surface area (Å²) in [7, 11) is 3.27. The van der Waals surface area contributed by atoms with Crippen LogP contribution in [0.15, 0.2) is 102 Å². The molecule has 44 heavy (non-hydrogen) atoms. The number of methoxy groups -OCH3 is 2. The van der Waals surface area contributed by atoms with Gasteiger partial charge in [-0.05, 0) is 85.5 Å². The third-order valence-corrected chi connectivity index (χ3v) is 8.47. The van der Waals surface area contributed by atoms with Crippen LogP contribution in [0.3, 0.4) is 0 Å². The number of likely N-dealkylation sites (N-methyl/N-ethyl adjacent to an activating group) is 1. The molecular weight excluding hydrogens is 572 g/mol. The van der Waals surface area contributed by atoms with E-state index in [1.54, 1.807) is 19.1 Å². The summed E-state index contributed by atoms with van der Waals surface area (Å²) in [4.78, 5) is 33.1. The van der Waals surface area contributed by atoms with Gasteiger partial charge in [0.2, 0.25) is 5.91 Å². The van der Waals surface area contributed by atoms with E-state index in [2.05, 4.69) is 21.1 Å². The third kappa shape index (κ3) is 6.84. The number of amides is 3. The number of benzene rings is 4. The van der Waals surface area contributed by atoms with Crippen LogP contribution in [0.1, 0.15) is 18.1 Å². The molecule has 1 atom stereocenters. The van der Waals surface area contributed by atoms with E-state index in [1.165, 1.54) is 11.9 Å². The maximum absolute atomic E-state index is 13.9. The van der Waals surface area contributed by atoms with Crippen molar-refractivity contribution in [3.05, 3.63) is 108 Å². The van der Waals surface area contributed by atoms with Gasteiger partial charge in [-0.25, -0.2) is 4.79 Å². The summed E-state index contributed by atoms with van der Waals surface area (Å²) in [5, 5.41) is 3.94. The van der Waals surface area contributed by atoms with E-state index in [9.17, 15) is 9.59 Å². The average Bonchev–Trinajstić information content (AvgIpc) is 3.49. The van der Waals surface area contributed by atoms with Gasteiger partial charge in [-0.1, -0.05) is 48.5 Å². The van der Waals surface area contributed by atoms with E-state index < -0.39 is 12.1 Å². The molecule has 0 fully saturated rings. The Morgan fingerprint density at radius 1 is 0.909 bits per heavy atom. The molecule has 0 bridgehead atoms. The highest BCUT2D eigenvalue weighted by molar-refractivity contribution is 7.98. The fourth-order valence-electron chi connectivity index (χ4n) is 5.22. The number of rotatable bonds is 11. The van der Waals surface area contributed by atoms with E-state index in [0.29, 0.717) is 18.7 Å². The number of anilines is 1. The molecule has 0 aliphatic heterocycles. The number of nitrogens with one attached hydrogen (secondary N) is 3. The molecule has 0 unspecified atom stereocenters. The van der Waals surface area contributed by atoms with Gasteiger partial charge in [0.05, 0.1) is 14.2 Å². The lowest BCUT2D eigenvalue weighted by molar-refractivity contribution is -0.120. The van der Waals surface area contributed by atoms with Crippen molar-refractivity contribution in [3.63, 3.8) is 0 Å². The first-order chi connectivity index (χ1) is 21.4. The predicted molar refractivity (Wildman–Crippen MR) is 178 cm³/mol. The van der Waals surface area contributed by atoms with Gasteiger partial charge in [-0.3, -0.25) is 9.52 Å². The molecule has 1 heterocycles. The monoisotopic (exact) mass is 608 g/mol. The second-order valence-electron chi connectivity index (χ2n) is 10.2. The highest BCUT2D eigenvalue weighted by Gasteiger charge is 2.27. The summed E-state index contributed by atoms with van der Waals surface area (Å²) in [6.45, 7) is 4.38. The van der Waals surface area contributed by atoms with Crippen molar-refractivity contribution in [2.75, 3.05) is 25.7 Å². The Kier molecular flexibility index (Phi) is 9.76. The van der Waals surface area contributed by atoms with Crippen LogP contribution >= 0.6 is 11.9 Å². The Morgan fingerprint density at radius 2 is 1.66 bits per heavy atom. The minimum absolute atomic E-state index is 0.200. The summed E-state index contributed by atoms with van der Waals surface area (Å²) in [6, 6.07) is 29.7. The molecule has 0 aliphatic rings. The Balaban J connectivity index is 1.32. The fraction of sp³-hybridized carbons (Fsp3) is 0.200. The van der Waals surface area contributed by atoms with Gasteiger partial charge in [0.1, 0.15) is 17.5 Å². The van der Waals surface area contributed by atoms with Crippen LogP contribution in [0.2, 0.25) is 0 Å². The molecule has 3 amide bonds. The molecule has 4 aromatic carbocycles. The topological polar surface area (TPSA) is 95.7 Å². The maximum atomic E-state index is 13.9. The zero-order valence-electron chi connectivity index (χ0n) is 25.2. The number of fused-ring (bicyclic) bond motifs is 1. The van der Waals surface area contributed by atoms with Crippen LogP contribution in [-0.4, -0.2) is 43.7 Å². The minimum Gasteiger partial charge on any atom is -0.497 e. The lowest BCUT2D eigenvalue weighted by Gasteiger charge is -2.27. The normalized spacial score (nSPS) is 11.5. The number of ether oxygens (including phenoxy) is 2. The SMILES string of the molecule is CCN(C(=O)[C@H](Cc1ccccc1)NC(=O)NSc1cccc(-c2cc3c(OC)cccc3[nH]2)c1C)c1ccc(OC)cc1. The van der Waals surface area contributed by atoms with Gasteiger partial charge >= 0.3 is 6.03 Å². The van der Waals surface area contributed by atoms with Crippen LogP contribution in [-0.2, 0) is 11.2 Å². The number of aromatic amines is 1. The standard InChI is InChI=1S/C35H36N4O4S/c1-5-39(25-17-19-26(42-3)20-18-25)34(40)31(21-24-11-7-6-8-12-24)37-35(41)38-44-33-16-9-13-27(23(33)2)30-22-28-29(36-30)14-10-15-32(28)43-4/h6-20,22,31,36H,5,21H2,1-4H3,(H2,37,38,41)/t31-/m0/s1. The minimum atomic E-state index is -0.784. The molecule has 0 spiro atoms. The zero-order valence-corrected chi connectivity index (χ0v) is 26.0. The molecule has 3 N–H and O–H groups in total. The fourth-order valence-corrected chi connectivity index (χ4v) is 5.89. The zero-order chi connectivity index (χ0) is 31.1. The first-order valence-electron chi connectivity index (χ1n) is 14.4. The van der Waals surface area contributed by atoms with Gasteiger partial charge in [0.15, 0.2) is 0 Å². The number of urea groups is 1. The summed E-state index contributed by atoms with van der Waals surface area (Å²) in [6.07, 6.45) is 0.350. The van der Waals surface area contributed by atoms with Crippen molar-refractivity contribution in [3.8, 4) is 22.8 Å². The highest BCUT2D eigenvalue weighted by atomic mass is 32.2. The van der Waals surface area contributed by atoms with Crippen molar-refractivity contribution in [2.45, 2.75) is 31.2 Å². The van der Waals surface area contributed by atoms with E-state index >= 15 is 0 Å². The van der Waals surface area contributed by atoms with E-state index in [4.69, 9.17) is 9.47 Å². The molecule has 8 nitrogen and oxygen atoms in total. The molecule has 0 saturated carbocycles. The van der Waals surface area contributed by atoms with Gasteiger partial charge < -0.3 is 24.7 Å². The number of H-pyrrole nitrogens is 1. The molecule has 5 aromatic rings. The number of carbonyl (C=O) groups is 2. The third-order valence-electron chi connectivity index (χ3n) is 7.52. The molecule has 0 radical (unpaired) electrons. The smallest absolute Gasteiger partial charge is 0.325 e. The molecular formula is C35H36N4O4S. The lowest BCUT2D eigenvalue weighted by atomic mass is 10.0.